The molecule has 132 valence electrons. The molecule has 1 aliphatic rings. The van der Waals surface area contributed by atoms with Gasteiger partial charge in [0, 0.05) is 25.0 Å². The summed E-state index contributed by atoms with van der Waals surface area (Å²) in [6.07, 6.45) is 1.17. The molecule has 2 aromatic rings. The Morgan fingerprint density at radius 1 is 1.32 bits per heavy atom. The lowest BCUT2D eigenvalue weighted by atomic mass is 9.94. The van der Waals surface area contributed by atoms with Crippen molar-refractivity contribution in [2.45, 2.75) is 26.2 Å². The van der Waals surface area contributed by atoms with Gasteiger partial charge in [-0.1, -0.05) is 24.3 Å². The highest BCUT2D eigenvalue weighted by Crippen LogP contribution is 2.28. The first-order chi connectivity index (χ1) is 12.0. The predicted molar refractivity (Wildman–Crippen MR) is 102 cm³/mol. The van der Waals surface area contributed by atoms with Crippen molar-refractivity contribution in [2.75, 3.05) is 26.2 Å². The average molecular weight is 356 g/mol. The van der Waals surface area contributed by atoms with E-state index in [1.807, 2.05) is 0 Å². The van der Waals surface area contributed by atoms with Crippen LogP contribution in [0.4, 0.5) is 0 Å². The minimum Gasteiger partial charge on any atom is -0.351 e. The number of nitrogens with zero attached hydrogens (tertiary/aromatic N) is 1. The summed E-state index contributed by atoms with van der Waals surface area (Å²) in [6, 6.07) is 10.3. The summed E-state index contributed by atoms with van der Waals surface area (Å²) >= 11 is 1.32. The Balaban J connectivity index is 1.46. The molecule has 1 aromatic heterocycles. The number of amides is 1. The average Bonchev–Trinajstić information content (AvgIpc) is 3.25. The molecule has 25 heavy (non-hydrogen) atoms. The third kappa shape index (κ3) is 4.35. The summed E-state index contributed by atoms with van der Waals surface area (Å²) in [5.41, 5.74) is 3.39. The minimum absolute atomic E-state index is 0.00311. The number of benzene rings is 1. The van der Waals surface area contributed by atoms with Crippen molar-refractivity contribution in [1.82, 2.24) is 10.2 Å². The van der Waals surface area contributed by atoms with E-state index < -0.39 is 0 Å². The molecule has 0 saturated carbocycles. The molecule has 1 amide bonds. The van der Waals surface area contributed by atoms with Gasteiger partial charge in [0.15, 0.2) is 5.78 Å². The first-order valence-electron chi connectivity index (χ1n) is 8.70. The maximum Gasteiger partial charge on any atom is 0.252 e. The number of hydrogen-bond donors (Lipinski definition) is 1. The van der Waals surface area contributed by atoms with Crippen LogP contribution in [0.15, 0.2) is 35.7 Å². The summed E-state index contributed by atoms with van der Waals surface area (Å²) < 4.78 is 0. The Morgan fingerprint density at radius 2 is 2.12 bits per heavy atom. The van der Waals surface area contributed by atoms with E-state index in [-0.39, 0.29) is 11.7 Å². The van der Waals surface area contributed by atoms with Gasteiger partial charge in [-0.25, -0.2) is 0 Å². The molecular formula is C20H24N2O2S. The fourth-order valence-corrected chi connectivity index (χ4v) is 4.19. The monoisotopic (exact) mass is 356 g/mol. The van der Waals surface area contributed by atoms with E-state index in [1.165, 1.54) is 35.8 Å². The van der Waals surface area contributed by atoms with Gasteiger partial charge >= 0.3 is 0 Å². The summed E-state index contributed by atoms with van der Waals surface area (Å²) in [5, 5.41) is 4.71. The fraction of sp³-hybridized carbons (Fsp3) is 0.400. The van der Waals surface area contributed by atoms with Gasteiger partial charge in [-0.2, -0.15) is 0 Å². The number of Topliss-reactive ketones (excluding diaryl/α,β-unsaturated/α-hetero) is 1. The van der Waals surface area contributed by atoms with Gasteiger partial charge in [0.05, 0.1) is 10.4 Å². The molecule has 1 atom stereocenters. The first-order valence-corrected chi connectivity index (χ1v) is 9.58. The Morgan fingerprint density at radius 3 is 2.84 bits per heavy atom. The smallest absolute Gasteiger partial charge is 0.252 e. The largest absolute Gasteiger partial charge is 0.351 e. The summed E-state index contributed by atoms with van der Waals surface area (Å²) in [5.74, 6) is 0.494. The number of rotatable bonds is 6. The number of ketones is 1. The summed E-state index contributed by atoms with van der Waals surface area (Å²) in [4.78, 5) is 26.5. The molecule has 0 unspecified atom stereocenters. The highest BCUT2D eigenvalue weighted by atomic mass is 32.1. The number of carbonyl (C=O) groups is 2. The zero-order valence-electron chi connectivity index (χ0n) is 14.7. The van der Waals surface area contributed by atoms with Crippen molar-refractivity contribution in [3.63, 3.8) is 0 Å². The lowest BCUT2D eigenvalue weighted by Crippen LogP contribution is -2.33. The highest BCUT2D eigenvalue weighted by molar-refractivity contribution is 7.12. The Hall–Kier alpha value is -1.98. The molecule has 5 heteroatoms. The van der Waals surface area contributed by atoms with Crippen LogP contribution < -0.4 is 5.32 Å². The number of thiophene rings is 1. The SMILES string of the molecule is CC(=O)c1cc(C(=O)NCCN2CC[C@H](c3ccccc3C)C2)cs1. The van der Waals surface area contributed by atoms with Crippen LogP contribution in [0.5, 0.6) is 0 Å². The van der Waals surface area contributed by atoms with E-state index in [0.29, 0.717) is 22.9 Å². The van der Waals surface area contributed by atoms with Crippen LogP contribution in [0.3, 0.4) is 0 Å². The van der Waals surface area contributed by atoms with Crippen molar-refractivity contribution in [1.29, 1.82) is 0 Å². The molecule has 0 bridgehead atoms. The quantitative estimate of drug-likeness (QED) is 0.806. The Labute approximate surface area is 152 Å². The van der Waals surface area contributed by atoms with Gasteiger partial charge in [-0.15, -0.1) is 11.3 Å². The Kier molecular flexibility index (Phi) is 5.66. The van der Waals surface area contributed by atoms with E-state index in [0.717, 1.165) is 19.6 Å². The lowest BCUT2D eigenvalue weighted by molar-refractivity contribution is 0.0950. The van der Waals surface area contributed by atoms with E-state index >= 15 is 0 Å². The zero-order chi connectivity index (χ0) is 17.8. The molecular weight excluding hydrogens is 332 g/mol. The fourth-order valence-electron chi connectivity index (χ4n) is 3.40. The number of likely N-dealkylation sites (tertiary alicyclic amines) is 1. The zero-order valence-corrected chi connectivity index (χ0v) is 15.6. The van der Waals surface area contributed by atoms with Crippen LogP contribution in [0, 0.1) is 6.92 Å². The van der Waals surface area contributed by atoms with Crippen LogP contribution in [-0.4, -0.2) is 42.8 Å². The number of nitrogens with one attached hydrogen (secondary N) is 1. The van der Waals surface area contributed by atoms with Gasteiger partial charge < -0.3 is 10.2 Å². The van der Waals surface area contributed by atoms with Crippen LogP contribution >= 0.6 is 11.3 Å². The van der Waals surface area contributed by atoms with E-state index in [9.17, 15) is 9.59 Å². The molecule has 3 rings (SSSR count). The van der Waals surface area contributed by atoms with Gasteiger partial charge in [0.1, 0.15) is 0 Å². The second kappa shape index (κ2) is 7.93. The standard InChI is InChI=1S/C20H24N2O2S/c1-14-5-3-4-6-18(14)16-7-9-22(12-16)10-8-21-20(24)17-11-19(15(2)23)25-13-17/h3-6,11,13,16H,7-10,12H2,1-2H3,(H,21,24)/t16-/m0/s1. The van der Waals surface area contributed by atoms with Gasteiger partial charge in [0.25, 0.3) is 5.91 Å². The molecule has 1 aromatic carbocycles. The second-order valence-corrected chi connectivity index (χ2v) is 7.57. The van der Waals surface area contributed by atoms with Crippen molar-refractivity contribution in [2.24, 2.45) is 0 Å². The minimum atomic E-state index is -0.0987. The topological polar surface area (TPSA) is 49.4 Å². The van der Waals surface area contributed by atoms with Crippen molar-refractivity contribution < 1.29 is 9.59 Å². The normalized spacial score (nSPS) is 17.6. The molecule has 1 aliphatic heterocycles. The van der Waals surface area contributed by atoms with Crippen molar-refractivity contribution >= 4 is 23.0 Å². The summed E-state index contributed by atoms with van der Waals surface area (Å²) in [7, 11) is 0. The van der Waals surface area contributed by atoms with Crippen molar-refractivity contribution in [3.05, 3.63) is 57.3 Å². The van der Waals surface area contributed by atoms with E-state index in [4.69, 9.17) is 0 Å². The Bertz CT molecular complexity index is 769. The third-order valence-corrected chi connectivity index (χ3v) is 5.85. The first kappa shape index (κ1) is 17.8. The number of hydrogen-bond acceptors (Lipinski definition) is 4. The number of aryl methyl sites for hydroxylation is 1. The maximum absolute atomic E-state index is 12.2. The van der Waals surface area contributed by atoms with Crippen molar-refractivity contribution in [3.8, 4) is 0 Å². The predicted octanol–water partition coefficient (Wildman–Crippen LogP) is 3.48. The van der Waals surface area contributed by atoms with Gasteiger partial charge in [0.2, 0.25) is 0 Å². The molecule has 1 fully saturated rings. The highest BCUT2D eigenvalue weighted by Gasteiger charge is 2.24. The van der Waals surface area contributed by atoms with E-state index in [1.54, 1.807) is 11.4 Å². The lowest BCUT2D eigenvalue weighted by Gasteiger charge is -2.17. The van der Waals surface area contributed by atoms with Gasteiger partial charge in [-0.05, 0) is 49.9 Å². The van der Waals surface area contributed by atoms with Crippen LogP contribution in [-0.2, 0) is 0 Å². The molecule has 1 N–H and O–H groups in total. The van der Waals surface area contributed by atoms with E-state index in [2.05, 4.69) is 41.4 Å². The molecule has 0 radical (unpaired) electrons. The summed E-state index contributed by atoms with van der Waals surface area (Å²) in [6.45, 7) is 7.30. The molecule has 4 nitrogen and oxygen atoms in total. The number of carbonyl (C=O) groups excluding carboxylic acids is 2. The molecule has 0 spiro atoms. The van der Waals surface area contributed by atoms with Crippen LogP contribution in [0.25, 0.3) is 0 Å². The second-order valence-electron chi connectivity index (χ2n) is 6.65. The molecule has 1 saturated heterocycles. The molecule has 0 aliphatic carbocycles. The van der Waals surface area contributed by atoms with Crippen LogP contribution in [0.1, 0.15) is 50.4 Å². The van der Waals surface area contributed by atoms with Gasteiger partial charge in [-0.3, -0.25) is 9.59 Å². The van der Waals surface area contributed by atoms with Crippen LogP contribution in [0.2, 0.25) is 0 Å². The third-order valence-electron chi connectivity index (χ3n) is 4.82. The maximum atomic E-state index is 12.2. The molecule has 2 heterocycles.